The second kappa shape index (κ2) is 18.1. The molecule has 0 heterocycles. The lowest BCUT2D eigenvalue weighted by molar-refractivity contribution is -0.384. The van der Waals surface area contributed by atoms with Crippen LogP contribution in [0.2, 0.25) is 0 Å². The fourth-order valence-corrected chi connectivity index (χ4v) is 7.28. The van der Waals surface area contributed by atoms with Crippen LogP contribution in [0.1, 0.15) is 49.5 Å². The number of methoxy groups -OCH3 is 1. The zero-order valence-corrected chi connectivity index (χ0v) is 32.7. The predicted octanol–water partition coefficient (Wildman–Crippen LogP) is 6.29. The zero-order chi connectivity index (χ0) is 39.6. The van der Waals surface area contributed by atoms with Crippen LogP contribution in [0.5, 0.6) is 5.75 Å². The van der Waals surface area contributed by atoms with Crippen molar-refractivity contribution in [3.63, 3.8) is 0 Å². The van der Waals surface area contributed by atoms with Gasteiger partial charge in [-0.1, -0.05) is 42.5 Å². The Hall–Kier alpha value is -5.41. The van der Waals surface area contributed by atoms with E-state index in [4.69, 9.17) is 4.74 Å². The van der Waals surface area contributed by atoms with Crippen molar-refractivity contribution < 1.29 is 32.5 Å². The van der Waals surface area contributed by atoms with Gasteiger partial charge in [0.15, 0.2) is 0 Å². The Labute approximate surface area is 320 Å². The zero-order valence-electron chi connectivity index (χ0n) is 31.0. The van der Waals surface area contributed by atoms with E-state index < -0.39 is 37.5 Å². The molecule has 4 aromatic rings. The highest BCUT2D eigenvalue weighted by Gasteiger charge is 2.26. The topological polar surface area (TPSA) is 177 Å². The summed E-state index contributed by atoms with van der Waals surface area (Å²) in [7, 11) is 0.233. The number of benzene rings is 4. The van der Waals surface area contributed by atoms with Gasteiger partial charge in [-0.15, -0.1) is 11.8 Å². The summed E-state index contributed by atoms with van der Waals surface area (Å²) >= 11 is 1.47. The number of carbonyl (C=O) groups excluding carboxylic acids is 3. The monoisotopic (exact) mass is 775 g/mol. The van der Waals surface area contributed by atoms with Crippen LogP contribution in [0.15, 0.2) is 101 Å². The van der Waals surface area contributed by atoms with Crippen LogP contribution < -0.4 is 20.1 Å². The number of rotatable bonds is 16. The quantitative estimate of drug-likeness (QED) is 0.0666. The number of carbonyl (C=O) groups is 3. The largest absolute Gasteiger partial charge is 0.496 e. The number of nitrogens with zero attached hydrogens (tertiary/aromatic N) is 2. The third-order valence-corrected chi connectivity index (χ3v) is 10.6. The molecule has 0 aliphatic rings. The Bertz CT molecular complexity index is 2080. The molecule has 13 nitrogen and oxygen atoms in total. The summed E-state index contributed by atoms with van der Waals surface area (Å²) in [6.07, 6.45) is 0.866. The summed E-state index contributed by atoms with van der Waals surface area (Å²) < 4.78 is 34.2. The lowest BCUT2D eigenvalue weighted by Crippen LogP contribution is -2.40. The van der Waals surface area contributed by atoms with Crippen LogP contribution in [0.4, 0.5) is 11.4 Å². The second-order valence-electron chi connectivity index (χ2n) is 13.7. The SMILES string of the molecule is COc1cc(CCC(=O)NC(C)(C)C)ccc1-c1ccc(C(=O)NS(=O)(=O)c2ccc(N[C@@H](CSc3ccccc3)CC(=O)N(C)C)c([N+](=O)[O-])c2)cc1. The highest BCUT2D eigenvalue weighted by Crippen LogP contribution is 2.33. The molecule has 0 saturated heterocycles. The van der Waals surface area contributed by atoms with Crippen molar-refractivity contribution in [1.82, 2.24) is 14.9 Å². The normalized spacial score (nSPS) is 12.0. The molecule has 0 aliphatic heterocycles. The van der Waals surface area contributed by atoms with Gasteiger partial charge in [-0.25, -0.2) is 13.1 Å². The van der Waals surface area contributed by atoms with E-state index in [0.717, 1.165) is 28.2 Å². The van der Waals surface area contributed by atoms with E-state index >= 15 is 0 Å². The average molecular weight is 776 g/mol. The number of hydrogen-bond acceptors (Lipinski definition) is 10. The van der Waals surface area contributed by atoms with Crippen LogP contribution in [0, 0.1) is 10.1 Å². The Balaban J connectivity index is 1.47. The van der Waals surface area contributed by atoms with Crippen LogP contribution in [0.3, 0.4) is 0 Å². The number of sulfonamides is 1. The molecule has 3 amide bonds. The molecule has 0 spiro atoms. The van der Waals surface area contributed by atoms with E-state index in [0.29, 0.717) is 29.9 Å². The van der Waals surface area contributed by atoms with Crippen molar-refractivity contribution in [2.75, 3.05) is 32.3 Å². The molecule has 286 valence electrons. The van der Waals surface area contributed by atoms with E-state index in [1.165, 1.54) is 42.0 Å². The summed E-state index contributed by atoms with van der Waals surface area (Å²) in [6.45, 7) is 5.76. The minimum Gasteiger partial charge on any atom is -0.496 e. The molecule has 0 aromatic heterocycles. The van der Waals surface area contributed by atoms with Gasteiger partial charge in [0, 0.05) is 66.4 Å². The summed E-state index contributed by atoms with van der Waals surface area (Å²) in [5.41, 5.74) is 1.56. The lowest BCUT2D eigenvalue weighted by atomic mass is 9.99. The van der Waals surface area contributed by atoms with Crippen LogP contribution in [-0.4, -0.2) is 74.5 Å². The number of hydrogen-bond donors (Lipinski definition) is 3. The Kier molecular flexibility index (Phi) is 13.8. The second-order valence-corrected chi connectivity index (χ2v) is 16.5. The molecule has 0 aliphatic carbocycles. The molecule has 1 atom stereocenters. The van der Waals surface area contributed by atoms with Crippen molar-refractivity contribution in [2.45, 2.75) is 61.4 Å². The van der Waals surface area contributed by atoms with E-state index in [1.807, 2.05) is 74.0 Å². The van der Waals surface area contributed by atoms with Gasteiger partial charge in [-0.2, -0.15) is 0 Å². The van der Waals surface area contributed by atoms with Crippen molar-refractivity contribution in [3.05, 3.63) is 112 Å². The van der Waals surface area contributed by atoms with E-state index in [-0.39, 0.29) is 35.0 Å². The Morgan fingerprint density at radius 2 is 1.63 bits per heavy atom. The number of anilines is 1. The predicted molar refractivity (Wildman–Crippen MR) is 210 cm³/mol. The number of nitro benzene ring substituents is 1. The Morgan fingerprint density at radius 3 is 2.24 bits per heavy atom. The summed E-state index contributed by atoms with van der Waals surface area (Å²) in [6, 6.07) is 24.0. The molecular formula is C39H45N5O8S2. The third-order valence-electron chi connectivity index (χ3n) is 8.06. The fraction of sp³-hybridized carbons (Fsp3) is 0.308. The molecule has 0 radical (unpaired) electrons. The van der Waals surface area contributed by atoms with Crippen molar-refractivity contribution in [3.8, 4) is 16.9 Å². The van der Waals surface area contributed by atoms with Crippen LogP contribution in [0.25, 0.3) is 11.1 Å². The maximum absolute atomic E-state index is 13.3. The average Bonchev–Trinajstić information content (AvgIpc) is 3.12. The van der Waals surface area contributed by atoms with Crippen molar-refractivity contribution >= 4 is 50.9 Å². The van der Waals surface area contributed by atoms with Gasteiger partial charge in [0.25, 0.3) is 21.6 Å². The first-order chi connectivity index (χ1) is 25.5. The van der Waals surface area contributed by atoms with Crippen molar-refractivity contribution in [1.29, 1.82) is 0 Å². The molecule has 15 heteroatoms. The molecule has 54 heavy (non-hydrogen) atoms. The number of nitrogens with one attached hydrogen (secondary N) is 3. The van der Waals surface area contributed by atoms with Gasteiger partial charge in [0.1, 0.15) is 11.4 Å². The highest BCUT2D eigenvalue weighted by atomic mass is 32.2. The summed E-state index contributed by atoms with van der Waals surface area (Å²) in [5.74, 6) is -0.215. The van der Waals surface area contributed by atoms with Gasteiger partial charge < -0.3 is 20.3 Å². The number of nitro groups is 1. The smallest absolute Gasteiger partial charge is 0.293 e. The van der Waals surface area contributed by atoms with Crippen LogP contribution in [-0.2, 0) is 26.0 Å². The molecule has 0 saturated carbocycles. The van der Waals surface area contributed by atoms with E-state index in [9.17, 15) is 32.9 Å². The number of thioether (sulfide) groups is 1. The first kappa shape index (κ1) is 41.3. The number of aryl methyl sites for hydroxylation is 1. The number of ether oxygens (including phenoxy) is 1. The van der Waals surface area contributed by atoms with Gasteiger partial charge >= 0.3 is 0 Å². The molecule has 4 aromatic carbocycles. The minimum atomic E-state index is -4.53. The van der Waals surface area contributed by atoms with E-state index in [2.05, 4.69) is 10.6 Å². The van der Waals surface area contributed by atoms with Crippen molar-refractivity contribution in [2.24, 2.45) is 0 Å². The molecule has 0 bridgehead atoms. The van der Waals surface area contributed by atoms with Gasteiger partial charge in [-0.3, -0.25) is 24.5 Å². The van der Waals surface area contributed by atoms with Gasteiger partial charge in [0.05, 0.1) is 16.9 Å². The molecule has 0 fully saturated rings. The maximum Gasteiger partial charge on any atom is 0.293 e. The Morgan fingerprint density at radius 1 is 0.944 bits per heavy atom. The molecule has 3 N–H and O–H groups in total. The first-order valence-electron chi connectivity index (χ1n) is 17.0. The number of amides is 3. The highest BCUT2D eigenvalue weighted by molar-refractivity contribution is 7.99. The molecule has 0 unspecified atom stereocenters. The van der Waals surface area contributed by atoms with Gasteiger partial charge in [0.2, 0.25) is 11.8 Å². The minimum absolute atomic E-state index is 0.0283. The summed E-state index contributed by atoms with van der Waals surface area (Å²) in [5, 5.41) is 18.1. The maximum atomic E-state index is 13.3. The standard InChI is InChI=1S/C39H45N5O8S2/c1-39(2,3)41-36(45)21-13-26-12-19-32(35(22-26)52-6)27-14-16-28(17-15-27)38(47)42-54(50,51)31-18-20-33(34(24-31)44(48)49)40-29(23-37(46)43(4)5)25-53-30-10-8-7-9-11-30/h7-12,14-20,22,24,29,40H,13,21,23,25H2,1-6H3,(H,41,45)(H,42,47)/t29-/m1/s1. The van der Waals surface area contributed by atoms with E-state index in [1.54, 1.807) is 26.2 Å². The van der Waals surface area contributed by atoms with Gasteiger partial charge in [-0.05, 0) is 80.8 Å². The van der Waals surface area contributed by atoms with Crippen LogP contribution >= 0.6 is 11.8 Å². The molecule has 4 rings (SSSR count). The molecular weight excluding hydrogens is 731 g/mol. The summed E-state index contributed by atoms with van der Waals surface area (Å²) in [4.78, 5) is 51.3. The first-order valence-corrected chi connectivity index (χ1v) is 19.5. The third kappa shape index (κ3) is 11.8. The lowest BCUT2D eigenvalue weighted by Gasteiger charge is -2.21. The fourth-order valence-electron chi connectivity index (χ4n) is 5.34.